The minimum absolute atomic E-state index is 0.214. The van der Waals surface area contributed by atoms with E-state index in [1.54, 1.807) is 24.5 Å². The third kappa shape index (κ3) is 2.76. The molecule has 3 rings (SSSR count). The molecular weight excluding hydrogens is 267 g/mol. The van der Waals surface area contributed by atoms with Gasteiger partial charge in [-0.3, -0.25) is 4.57 Å². The number of aryl methyl sites for hydroxylation is 1. The number of halogens is 1. The maximum absolute atomic E-state index is 13.7. The molecule has 2 heterocycles. The van der Waals surface area contributed by atoms with E-state index in [0.29, 0.717) is 12.1 Å². The highest BCUT2D eigenvalue weighted by atomic mass is 19.1. The first kappa shape index (κ1) is 13.3. The van der Waals surface area contributed by atoms with Crippen molar-refractivity contribution in [3.05, 3.63) is 72.2 Å². The monoisotopic (exact) mass is 282 g/mol. The summed E-state index contributed by atoms with van der Waals surface area (Å²) in [6.07, 6.45) is 5.31. The molecule has 0 saturated heterocycles. The van der Waals surface area contributed by atoms with Gasteiger partial charge in [-0.2, -0.15) is 0 Å². The maximum atomic E-state index is 13.7. The third-order valence-corrected chi connectivity index (χ3v) is 3.27. The SMILES string of the molecule is Cc1nccn1-c1ncccc1NCc1ccccc1F. The number of nitrogens with one attached hydrogen (secondary N) is 1. The van der Waals surface area contributed by atoms with Gasteiger partial charge in [-0.05, 0) is 25.1 Å². The highest BCUT2D eigenvalue weighted by Crippen LogP contribution is 2.19. The summed E-state index contributed by atoms with van der Waals surface area (Å²) in [7, 11) is 0. The number of imidazole rings is 1. The summed E-state index contributed by atoms with van der Waals surface area (Å²) in [5.74, 6) is 1.39. The Morgan fingerprint density at radius 1 is 1.10 bits per heavy atom. The molecule has 0 unspecified atom stereocenters. The first-order chi connectivity index (χ1) is 10.3. The molecular formula is C16H15FN4. The van der Waals surface area contributed by atoms with Gasteiger partial charge >= 0.3 is 0 Å². The Kier molecular flexibility index (Phi) is 3.64. The lowest BCUT2D eigenvalue weighted by Gasteiger charge is -2.13. The van der Waals surface area contributed by atoms with Gasteiger partial charge in [-0.15, -0.1) is 0 Å². The lowest BCUT2D eigenvalue weighted by molar-refractivity contribution is 0.613. The van der Waals surface area contributed by atoms with Crippen molar-refractivity contribution < 1.29 is 4.39 Å². The molecule has 0 aliphatic carbocycles. The van der Waals surface area contributed by atoms with E-state index < -0.39 is 0 Å². The Morgan fingerprint density at radius 3 is 2.71 bits per heavy atom. The molecule has 21 heavy (non-hydrogen) atoms. The topological polar surface area (TPSA) is 42.7 Å². The molecule has 1 N–H and O–H groups in total. The molecule has 5 heteroatoms. The Bertz CT molecular complexity index is 751. The molecule has 4 nitrogen and oxygen atoms in total. The predicted octanol–water partition coefficient (Wildman–Crippen LogP) is 3.33. The summed E-state index contributed by atoms with van der Waals surface area (Å²) in [5.41, 5.74) is 1.46. The first-order valence-corrected chi connectivity index (χ1v) is 6.68. The van der Waals surface area contributed by atoms with Crippen molar-refractivity contribution in [2.45, 2.75) is 13.5 Å². The normalized spacial score (nSPS) is 10.6. The van der Waals surface area contributed by atoms with Gasteiger partial charge in [0.05, 0.1) is 5.69 Å². The number of nitrogens with zero attached hydrogens (tertiary/aromatic N) is 3. The van der Waals surface area contributed by atoms with Crippen molar-refractivity contribution in [3.8, 4) is 5.82 Å². The van der Waals surface area contributed by atoms with E-state index >= 15 is 0 Å². The molecule has 0 atom stereocenters. The second kappa shape index (κ2) is 5.75. The molecule has 0 aliphatic heterocycles. The van der Waals surface area contributed by atoms with E-state index in [-0.39, 0.29) is 5.82 Å². The van der Waals surface area contributed by atoms with Crippen LogP contribution in [0.15, 0.2) is 55.0 Å². The fourth-order valence-corrected chi connectivity index (χ4v) is 2.16. The van der Waals surface area contributed by atoms with Crippen LogP contribution in [0, 0.1) is 12.7 Å². The minimum Gasteiger partial charge on any atom is -0.378 e. The summed E-state index contributed by atoms with van der Waals surface area (Å²) in [6.45, 7) is 2.31. The Hall–Kier alpha value is -2.69. The number of hydrogen-bond acceptors (Lipinski definition) is 3. The Balaban J connectivity index is 1.87. The summed E-state index contributed by atoms with van der Waals surface area (Å²) in [6, 6.07) is 10.5. The van der Waals surface area contributed by atoms with Gasteiger partial charge in [0, 0.05) is 30.7 Å². The van der Waals surface area contributed by atoms with Gasteiger partial charge in [0.1, 0.15) is 11.6 Å². The zero-order chi connectivity index (χ0) is 14.7. The highest BCUT2D eigenvalue weighted by Gasteiger charge is 2.08. The van der Waals surface area contributed by atoms with E-state index in [9.17, 15) is 4.39 Å². The fraction of sp³-hybridized carbons (Fsp3) is 0.125. The first-order valence-electron chi connectivity index (χ1n) is 6.68. The molecule has 2 aromatic heterocycles. The molecule has 0 aliphatic rings. The van der Waals surface area contributed by atoms with Crippen LogP contribution in [0.2, 0.25) is 0 Å². The van der Waals surface area contributed by atoms with Gasteiger partial charge in [0.15, 0.2) is 5.82 Å². The van der Waals surface area contributed by atoms with Crippen LogP contribution >= 0.6 is 0 Å². The van der Waals surface area contributed by atoms with Crippen LogP contribution in [-0.4, -0.2) is 14.5 Å². The van der Waals surface area contributed by atoms with E-state index in [0.717, 1.165) is 17.3 Å². The van der Waals surface area contributed by atoms with Gasteiger partial charge in [-0.1, -0.05) is 18.2 Å². The molecule has 1 aromatic carbocycles. The lowest BCUT2D eigenvalue weighted by atomic mass is 10.2. The predicted molar refractivity (Wildman–Crippen MR) is 79.8 cm³/mol. The van der Waals surface area contributed by atoms with Crippen molar-refractivity contribution in [1.29, 1.82) is 0 Å². The van der Waals surface area contributed by atoms with Gasteiger partial charge in [0.2, 0.25) is 0 Å². The number of hydrogen-bond donors (Lipinski definition) is 1. The van der Waals surface area contributed by atoms with Crippen molar-refractivity contribution in [2.24, 2.45) is 0 Å². The van der Waals surface area contributed by atoms with Crippen LogP contribution in [0.4, 0.5) is 10.1 Å². The van der Waals surface area contributed by atoms with Crippen LogP contribution in [0.25, 0.3) is 5.82 Å². The lowest BCUT2D eigenvalue weighted by Crippen LogP contribution is -2.07. The molecule has 0 saturated carbocycles. The van der Waals surface area contributed by atoms with Crippen molar-refractivity contribution in [3.63, 3.8) is 0 Å². The van der Waals surface area contributed by atoms with Crippen LogP contribution in [-0.2, 0) is 6.54 Å². The second-order valence-electron chi connectivity index (χ2n) is 4.66. The van der Waals surface area contributed by atoms with Crippen LogP contribution in [0.5, 0.6) is 0 Å². The number of benzene rings is 1. The van der Waals surface area contributed by atoms with Crippen LogP contribution < -0.4 is 5.32 Å². The van der Waals surface area contributed by atoms with E-state index in [1.807, 2.05) is 35.9 Å². The molecule has 0 bridgehead atoms. The number of anilines is 1. The summed E-state index contributed by atoms with van der Waals surface area (Å²) >= 11 is 0. The van der Waals surface area contributed by atoms with E-state index in [2.05, 4.69) is 15.3 Å². The third-order valence-electron chi connectivity index (χ3n) is 3.27. The standard InChI is InChI=1S/C16H15FN4/c1-12-18-9-10-21(12)16-15(7-4-8-19-16)20-11-13-5-2-3-6-14(13)17/h2-10,20H,11H2,1H3. The molecule has 0 radical (unpaired) electrons. The molecule has 0 amide bonds. The summed E-state index contributed by atoms with van der Waals surface area (Å²) < 4.78 is 15.6. The quantitative estimate of drug-likeness (QED) is 0.798. The van der Waals surface area contributed by atoms with E-state index in [4.69, 9.17) is 0 Å². The zero-order valence-corrected chi connectivity index (χ0v) is 11.6. The number of pyridine rings is 1. The minimum atomic E-state index is -0.214. The Morgan fingerprint density at radius 2 is 1.95 bits per heavy atom. The molecule has 0 fully saturated rings. The average molecular weight is 282 g/mol. The smallest absolute Gasteiger partial charge is 0.161 e. The number of aromatic nitrogens is 3. The van der Waals surface area contributed by atoms with Gasteiger partial charge in [-0.25, -0.2) is 14.4 Å². The van der Waals surface area contributed by atoms with Gasteiger partial charge in [0.25, 0.3) is 0 Å². The average Bonchev–Trinajstić information content (AvgIpc) is 2.93. The summed E-state index contributed by atoms with van der Waals surface area (Å²) in [4.78, 5) is 8.59. The zero-order valence-electron chi connectivity index (χ0n) is 11.6. The second-order valence-corrected chi connectivity index (χ2v) is 4.66. The molecule has 3 aromatic rings. The number of rotatable bonds is 4. The molecule has 106 valence electrons. The van der Waals surface area contributed by atoms with Crippen LogP contribution in [0.3, 0.4) is 0 Å². The van der Waals surface area contributed by atoms with Gasteiger partial charge < -0.3 is 5.32 Å². The van der Waals surface area contributed by atoms with Crippen molar-refractivity contribution in [1.82, 2.24) is 14.5 Å². The fourth-order valence-electron chi connectivity index (χ4n) is 2.16. The Labute approximate surface area is 122 Å². The molecule has 0 spiro atoms. The largest absolute Gasteiger partial charge is 0.378 e. The van der Waals surface area contributed by atoms with Crippen molar-refractivity contribution in [2.75, 3.05) is 5.32 Å². The highest BCUT2D eigenvalue weighted by molar-refractivity contribution is 5.57. The van der Waals surface area contributed by atoms with E-state index in [1.165, 1.54) is 6.07 Å². The van der Waals surface area contributed by atoms with Crippen molar-refractivity contribution >= 4 is 5.69 Å². The summed E-state index contributed by atoms with van der Waals surface area (Å²) in [5, 5.41) is 3.23. The van der Waals surface area contributed by atoms with Crippen LogP contribution in [0.1, 0.15) is 11.4 Å². The maximum Gasteiger partial charge on any atom is 0.161 e.